The van der Waals surface area contributed by atoms with Crippen molar-refractivity contribution in [2.45, 2.75) is 13.5 Å². The maximum atomic E-state index is 6.03. The lowest BCUT2D eigenvalue weighted by Gasteiger charge is -2.07. The van der Waals surface area contributed by atoms with E-state index in [1.165, 1.54) is 5.56 Å². The number of nitrogens with one attached hydrogen (secondary N) is 1. The maximum absolute atomic E-state index is 6.03. The largest absolute Gasteiger partial charge is 0.353 e. The highest BCUT2D eigenvalue weighted by molar-refractivity contribution is 6.30. The molecule has 0 spiro atoms. The average molecular weight is 298 g/mol. The summed E-state index contributed by atoms with van der Waals surface area (Å²) in [5.74, 6) is 0. The van der Waals surface area contributed by atoms with Crippen molar-refractivity contribution in [1.82, 2.24) is 9.78 Å². The molecule has 3 nitrogen and oxygen atoms in total. The number of hydrogen-bond acceptors (Lipinski definition) is 2. The summed E-state index contributed by atoms with van der Waals surface area (Å²) in [6, 6.07) is 16.1. The monoisotopic (exact) mass is 297 g/mol. The first kappa shape index (κ1) is 13.7. The minimum atomic E-state index is 0.722. The lowest BCUT2D eigenvalue weighted by molar-refractivity contribution is 0.687. The van der Waals surface area contributed by atoms with Crippen molar-refractivity contribution in [2.24, 2.45) is 0 Å². The van der Waals surface area contributed by atoms with Gasteiger partial charge in [-0.1, -0.05) is 48.0 Å². The van der Waals surface area contributed by atoms with Gasteiger partial charge in [-0.05, 0) is 30.2 Å². The molecule has 0 bridgehead atoms. The molecule has 0 aliphatic rings. The van der Waals surface area contributed by atoms with Crippen LogP contribution >= 0.6 is 11.6 Å². The molecule has 1 aromatic heterocycles. The van der Waals surface area contributed by atoms with Gasteiger partial charge in [0.05, 0.1) is 18.4 Å². The summed E-state index contributed by atoms with van der Waals surface area (Å²) < 4.78 is 1.91. The molecule has 0 atom stereocenters. The van der Waals surface area contributed by atoms with E-state index in [1.807, 2.05) is 60.4 Å². The van der Waals surface area contributed by atoms with E-state index in [9.17, 15) is 0 Å². The van der Waals surface area contributed by atoms with E-state index in [-0.39, 0.29) is 0 Å². The van der Waals surface area contributed by atoms with Crippen LogP contribution in [0.1, 0.15) is 11.1 Å². The van der Waals surface area contributed by atoms with Crippen molar-refractivity contribution in [3.8, 4) is 0 Å². The minimum Gasteiger partial charge on any atom is -0.353 e. The highest BCUT2D eigenvalue weighted by atomic mass is 35.5. The molecule has 2 aromatic carbocycles. The zero-order chi connectivity index (χ0) is 14.7. The van der Waals surface area contributed by atoms with Crippen LogP contribution in [0.5, 0.6) is 0 Å². The fourth-order valence-corrected chi connectivity index (χ4v) is 2.34. The third-order valence-corrected chi connectivity index (χ3v) is 3.53. The summed E-state index contributed by atoms with van der Waals surface area (Å²) in [6.45, 7) is 2.81. The summed E-state index contributed by atoms with van der Waals surface area (Å²) in [6.07, 6.45) is 3.82. The van der Waals surface area contributed by atoms with Crippen molar-refractivity contribution in [1.29, 1.82) is 0 Å². The van der Waals surface area contributed by atoms with Crippen LogP contribution in [0.3, 0.4) is 0 Å². The Kier molecular flexibility index (Phi) is 3.93. The molecule has 0 unspecified atom stereocenters. The summed E-state index contributed by atoms with van der Waals surface area (Å²) in [5.41, 5.74) is 4.33. The predicted molar refractivity (Wildman–Crippen MR) is 87.2 cm³/mol. The van der Waals surface area contributed by atoms with Crippen LogP contribution in [-0.4, -0.2) is 9.78 Å². The fraction of sp³-hybridized carbons (Fsp3) is 0.118. The Labute approximate surface area is 129 Å². The molecule has 3 aromatic rings. The number of anilines is 2. The highest BCUT2D eigenvalue weighted by Crippen LogP contribution is 2.23. The third-order valence-electron chi connectivity index (χ3n) is 3.30. The lowest BCUT2D eigenvalue weighted by atomic mass is 10.2. The standard InChI is InChI=1S/C17H16ClN3/c1-13-7-8-15(18)9-17(13)20-16-10-19-21(12-16)11-14-5-3-2-4-6-14/h2-10,12,20H,11H2,1H3. The molecule has 0 saturated heterocycles. The van der Waals surface area contributed by atoms with Crippen LogP contribution in [0.4, 0.5) is 11.4 Å². The van der Waals surface area contributed by atoms with Gasteiger partial charge in [-0.3, -0.25) is 4.68 Å². The third kappa shape index (κ3) is 3.44. The molecule has 4 heteroatoms. The molecular formula is C17H16ClN3. The normalized spacial score (nSPS) is 10.6. The summed E-state index contributed by atoms with van der Waals surface area (Å²) in [5, 5.41) is 8.45. The Hall–Kier alpha value is -2.26. The van der Waals surface area contributed by atoms with Crippen molar-refractivity contribution < 1.29 is 0 Å². The topological polar surface area (TPSA) is 29.9 Å². The molecule has 106 valence electrons. The van der Waals surface area contributed by atoms with E-state index in [4.69, 9.17) is 11.6 Å². The highest BCUT2D eigenvalue weighted by Gasteiger charge is 2.03. The number of rotatable bonds is 4. The number of halogens is 1. The number of benzene rings is 2. The van der Waals surface area contributed by atoms with Crippen molar-refractivity contribution in [3.05, 3.63) is 77.1 Å². The Bertz CT molecular complexity index is 735. The first-order valence-electron chi connectivity index (χ1n) is 6.80. The molecule has 1 N–H and O–H groups in total. The molecule has 3 rings (SSSR count). The van der Waals surface area contributed by atoms with Crippen molar-refractivity contribution in [2.75, 3.05) is 5.32 Å². The molecule has 21 heavy (non-hydrogen) atoms. The predicted octanol–water partition coefficient (Wildman–Crippen LogP) is 4.64. The lowest BCUT2D eigenvalue weighted by Crippen LogP contribution is -1.99. The van der Waals surface area contributed by atoms with Crippen LogP contribution in [0.2, 0.25) is 5.02 Å². The smallest absolute Gasteiger partial charge is 0.0770 e. The van der Waals surface area contributed by atoms with Gasteiger partial charge in [-0.2, -0.15) is 5.10 Å². The van der Waals surface area contributed by atoms with Gasteiger partial charge in [0.15, 0.2) is 0 Å². The zero-order valence-electron chi connectivity index (χ0n) is 11.8. The van der Waals surface area contributed by atoms with Gasteiger partial charge in [-0.15, -0.1) is 0 Å². The van der Waals surface area contributed by atoms with Crippen LogP contribution in [-0.2, 0) is 6.54 Å². The molecule has 0 amide bonds. The van der Waals surface area contributed by atoms with Gasteiger partial charge in [0.2, 0.25) is 0 Å². The van der Waals surface area contributed by atoms with Gasteiger partial charge in [0.1, 0.15) is 0 Å². The van der Waals surface area contributed by atoms with Gasteiger partial charge in [0.25, 0.3) is 0 Å². The van der Waals surface area contributed by atoms with Gasteiger partial charge in [0, 0.05) is 16.9 Å². The second kappa shape index (κ2) is 6.02. The van der Waals surface area contributed by atoms with Gasteiger partial charge < -0.3 is 5.32 Å². The second-order valence-electron chi connectivity index (χ2n) is 5.00. The Balaban J connectivity index is 1.75. The SMILES string of the molecule is Cc1ccc(Cl)cc1Nc1cnn(Cc2ccccc2)c1. The Morgan fingerprint density at radius 2 is 1.95 bits per heavy atom. The molecule has 1 heterocycles. The molecule has 0 aliphatic heterocycles. The van der Waals surface area contributed by atoms with E-state index in [2.05, 4.69) is 22.5 Å². The average Bonchev–Trinajstić information content (AvgIpc) is 2.91. The van der Waals surface area contributed by atoms with E-state index < -0.39 is 0 Å². The number of hydrogen-bond donors (Lipinski definition) is 1. The number of nitrogens with zero attached hydrogens (tertiary/aromatic N) is 2. The maximum Gasteiger partial charge on any atom is 0.0770 e. The first-order valence-corrected chi connectivity index (χ1v) is 7.18. The molecule has 0 radical (unpaired) electrons. The summed E-state index contributed by atoms with van der Waals surface area (Å²) in [4.78, 5) is 0. The van der Waals surface area contributed by atoms with Gasteiger partial charge >= 0.3 is 0 Å². The second-order valence-corrected chi connectivity index (χ2v) is 5.43. The van der Waals surface area contributed by atoms with Crippen LogP contribution in [0.15, 0.2) is 60.9 Å². The summed E-state index contributed by atoms with van der Waals surface area (Å²) in [7, 11) is 0. The Morgan fingerprint density at radius 3 is 2.76 bits per heavy atom. The van der Waals surface area contributed by atoms with E-state index >= 15 is 0 Å². The quantitative estimate of drug-likeness (QED) is 0.760. The van der Waals surface area contributed by atoms with Crippen LogP contribution < -0.4 is 5.32 Å². The van der Waals surface area contributed by atoms with Crippen LogP contribution in [0.25, 0.3) is 0 Å². The summed E-state index contributed by atoms with van der Waals surface area (Å²) >= 11 is 6.03. The van der Waals surface area contributed by atoms with E-state index in [1.54, 1.807) is 0 Å². The van der Waals surface area contributed by atoms with Crippen LogP contribution in [0, 0.1) is 6.92 Å². The molecule has 0 saturated carbocycles. The van der Waals surface area contributed by atoms with E-state index in [0.717, 1.165) is 28.5 Å². The van der Waals surface area contributed by atoms with Gasteiger partial charge in [-0.25, -0.2) is 0 Å². The Morgan fingerprint density at radius 1 is 1.14 bits per heavy atom. The number of aromatic nitrogens is 2. The van der Waals surface area contributed by atoms with Crippen molar-refractivity contribution >= 4 is 23.0 Å². The van der Waals surface area contributed by atoms with E-state index in [0.29, 0.717) is 0 Å². The fourth-order valence-electron chi connectivity index (χ4n) is 2.17. The first-order chi connectivity index (χ1) is 10.2. The molecule has 0 aliphatic carbocycles. The number of aryl methyl sites for hydroxylation is 1. The molecular weight excluding hydrogens is 282 g/mol. The molecule has 0 fully saturated rings. The van der Waals surface area contributed by atoms with Crippen molar-refractivity contribution in [3.63, 3.8) is 0 Å². The zero-order valence-corrected chi connectivity index (χ0v) is 12.5. The minimum absolute atomic E-state index is 0.722.